The number of hydrogen-bond acceptors (Lipinski definition) is 2. The van der Waals surface area contributed by atoms with Gasteiger partial charge in [-0.2, -0.15) is 0 Å². The molecule has 1 heterocycles. The van der Waals surface area contributed by atoms with Crippen molar-refractivity contribution in [1.82, 2.24) is 10.3 Å². The predicted octanol–water partition coefficient (Wildman–Crippen LogP) is 2.64. The second kappa shape index (κ2) is 4.75. The fraction of sp³-hybridized carbons (Fsp3) is 0.615. The van der Waals surface area contributed by atoms with Crippen LogP contribution in [0.4, 0.5) is 0 Å². The second-order valence-electron chi connectivity index (χ2n) is 4.65. The summed E-state index contributed by atoms with van der Waals surface area (Å²) in [6.45, 7) is 5.45. The summed E-state index contributed by atoms with van der Waals surface area (Å²) in [5.74, 6) is 0.615. The van der Waals surface area contributed by atoms with Crippen LogP contribution in [0, 0.1) is 6.92 Å². The molecule has 1 fully saturated rings. The fourth-order valence-electron chi connectivity index (χ4n) is 1.73. The van der Waals surface area contributed by atoms with Gasteiger partial charge in [0.15, 0.2) is 0 Å². The van der Waals surface area contributed by atoms with Crippen LogP contribution in [0.1, 0.15) is 43.4 Å². The summed E-state index contributed by atoms with van der Waals surface area (Å²) in [5, 5.41) is 3.55. The molecule has 0 bridgehead atoms. The molecule has 2 heteroatoms. The molecule has 0 saturated heterocycles. The van der Waals surface area contributed by atoms with Crippen molar-refractivity contribution >= 4 is 0 Å². The summed E-state index contributed by atoms with van der Waals surface area (Å²) < 4.78 is 0. The number of pyridine rings is 1. The smallest absolute Gasteiger partial charge is 0.0372 e. The normalized spacial score (nSPS) is 17.7. The molecule has 82 valence electrons. The van der Waals surface area contributed by atoms with E-state index in [9.17, 15) is 0 Å². The highest BCUT2D eigenvalue weighted by molar-refractivity contribution is 5.17. The minimum atomic E-state index is 0.615. The molecule has 1 aliphatic rings. The van der Waals surface area contributed by atoms with Gasteiger partial charge in [0, 0.05) is 17.9 Å². The third kappa shape index (κ3) is 3.31. The quantitative estimate of drug-likeness (QED) is 0.797. The maximum Gasteiger partial charge on any atom is 0.0372 e. The SMILES string of the molecule is Cc1ccc(C(C)CCNC2CC2)cn1. The van der Waals surface area contributed by atoms with Gasteiger partial charge in [-0.3, -0.25) is 4.98 Å². The predicted molar refractivity (Wildman–Crippen MR) is 63.0 cm³/mol. The number of aryl methyl sites for hydroxylation is 1. The number of rotatable bonds is 5. The molecule has 15 heavy (non-hydrogen) atoms. The third-order valence-electron chi connectivity index (χ3n) is 3.09. The molecule has 0 amide bonds. The van der Waals surface area contributed by atoms with Gasteiger partial charge in [-0.1, -0.05) is 13.0 Å². The number of hydrogen-bond donors (Lipinski definition) is 1. The van der Waals surface area contributed by atoms with Crippen LogP contribution in [0.25, 0.3) is 0 Å². The molecule has 0 spiro atoms. The minimum Gasteiger partial charge on any atom is -0.314 e. The Bertz CT molecular complexity index is 301. The molecule has 2 rings (SSSR count). The first-order chi connectivity index (χ1) is 7.25. The summed E-state index contributed by atoms with van der Waals surface area (Å²) >= 11 is 0. The zero-order valence-corrected chi connectivity index (χ0v) is 9.66. The molecule has 1 unspecified atom stereocenters. The molecule has 1 aliphatic carbocycles. The van der Waals surface area contributed by atoms with Gasteiger partial charge in [0.25, 0.3) is 0 Å². The van der Waals surface area contributed by atoms with Crippen LogP contribution < -0.4 is 5.32 Å². The van der Waals surface area contributed by atoms with Crippen molar-refractivity contribution in [3.05, 3.63) is 29.6 Å². The molecule has 1 aromatic rings. The summed E-state index contributed by atoms with van der Waals surface area (Å²) in [6.07, 6.45) is 5.97. The summed E-state index contributed by atoms with van der Waals surface area (Å²) in [4.78, 5) is 4.34. The van der Waals surface area contributed by atoms with E-state index < -0.39 is 0 Å². The van der Waals surface area contributed by atoms with Crippen molar-refractivity contribution in [1.29, 1.82) is 0 Å². The van der Waals surface area contributed by atoms with Crippen LogP contribution in [0.5, 0.6) is 0 Å². The Morgan fingerprint density at radius 1 is 1.47 bits per heavy atom. The molecule has 0 aromatic carbocycles. The Balaban J connectivity index is 1.78. The van der Waals surface area contributed by atoms with E-state index in [1.54, 1.807) is 0 Å². The molecule has 1 aromatic heterocycles. The lowest BCUT2D eigenvalue weighted by molar-refractivity contribution is 0.591. The minimum absolute atomic E-state index is 0.615. The Labute approximate surface area is 92.1 Å². The van der Waals surface area contributed by atoms with Crippen LogP contribution in [-0.4, -0.2) is 17.6 Å². The van der Waals surface area contributed by atoms with Crippen molar-refractivity contribution < 1.29 is 0 Å². The Morgan fingerprint density at radius 3 is 2.87 bits per heavy atom. The van der Waals surface area contributed by atoms with Gasteiger partial charge >= 0.3 is 0 Å². The van der Waals surface area contributed by atoms with E-state index in [1.807, 2.05) is 13.1 Å². The van der Waals surface area contributed by atoms with Gasteiger partial charge < -0.3 is 5.32 Å². The molecule has 1 N–H and O–H groups in total. The van der Waals surface area contributed by atoms with E-state index in [4.69, 9.17) is 0 Å². The van der Waals surface area contributed by atoms with Crippen molar-refractivity contribution in [3.8, 4) is 0 Å². The van der Waals surface area contributed by atoms with E-state index >= 15 is 0 Å². The van der Waals surface area contributed by atoms with E-state index in [-0.39, 0.29) is 0 Å². The highest BCUT2D eigenvalue weighted by Gasteiger charge is 2.20. The van der Waals surface area contributed by atoms with Gasteiger partial charge in [-0.25, -0.2) is 0 Å². The standard InChI is InChI=1S/C13H20N2/c1-10(7-8-14-13-5-6-13)12-4-3-11(2)15-9-12/h3-4,9-10,13-14H,5-8H2,1-2H3. The second-order valence-corrected chi connectivity index (χ2v) is 4.65. The van der Waals surface area contributed by atoms with Crippen molar-refractivity contribution in [3.63, 3.8) is 0 Å². The largest absolute Gasteiger partial charge is 0.314 e. The highest BCUT2D eigenvalue weighted by atomic mass is 14.9. The lowest BCUT2D eigenvalue weighted by atomic mass is 9.99. The number of aromatic nitrogens is 1. The lowest BCUT2D eigenvalue weighted by Crippen LogP contribution is -2.19. The molecule has 0 aliphatic heterocycles. The monoisotopic (exact) mass is 204 g/mol. The van der Waals surface area contributed by atoms with Crippen LogP contribution in [0.2, 0.25) is 0 Å². The summed E-state index contributed by atoms with van der Waals surface area (Å²) in [6, 6.07) is 5.12. The first kappa shape index (κ1) is 10.6. The Kier molecular flexibility index (Phi) is 3.37. The molecule has 0 radical (unpaired) electrons. The molecule has 2 nitrogen and oxygen atoms in total. The average Bonchev–Trinajstić information content (AvgIpc) is 3.02. The van der Waals surface area contributed by atoms with Gasteiger partial charge in [0.2, 0.25) is 0 Å². The number of nitrogens with one attached hydrogen (secondary N) is 1. The van der Waals surface area contributed by atoms with E-state index in [0.29, 0.717) is 5.92 Å². The van der Waals surface area contributed by atoms with E-state index in [0.717, 1.165) is 18.3 Å². The van der Waals surface area contributed by atoms with Crippen LogP contribution in [0.15, 0.2) is 18.3 Å². The maximum atomic E-state index is 4.34. The van der Waals surface area contributed by atoms with E-state index in [1.165, 1.54) is 24.8 Å². The van der Waals surface area contributed by atoms with Crippen LogP contribution in [-0.2, 0) is 0 Å². The lowest BCUT2D eigenvalue weighted by Gasteiger charge is -2.11. The maximum absolute atomic E-state index is 4.34. The van der Waals surface area contributed by atoms with Crippen LogP contribution >= 0.6 is 0 Å². The third-order valence-corrected chi connectivity index (χ3v) is 3.09. The number of nitrogens with zero attached hydrogens (tertiary/aromatic N) is 1. The topological polar surface area (TPSA) is 24.9 Å². The van der Waals surface area contributed by atoms with Crippen LogP contribution in [0.3, 0.4) is 0 Å². The average molecular weight is 204 g/mol. The first-order valence-corrected chi connectivity index (χ1v) is 5.91. The van der Waals surface area contributed by atoms with Crippen molar-refractivity contribution in [2.45, 2.75) is 45.1 Å². The summed E-state index contributed by atoms with van der Waals surface area (Å²) in [5.41, 5.74) is 2.46. The fourth-order valence-corrected chi connectivity index (χ4v) is 1.73. The van der Waals surface area contributed by atoms with Crippen molar-refractivity contribution in [2.24, 2.45) is 0 Å². The van der Waals surface area contributed by atoms with Gasteiger partial charge in [-0.05, 0) is 50.3 Å². The molecular formula is C13H20N2. The Hall–Kier alpha value is -0.890. The van der Waals surface area contributed by atoms with Gasteiger partial charge in [0.05, 0.1) is 0 Å². The molecule has 1 atom stereocenters. The first-order valence-electron chi connectivity index (χ1n) is 5.91. The molecule has 1 saturated carbocycles. The summed E-state index contributed by atoms with van der Waals surface area (Å²) in [7, 11) is 0. The van der Waals surface area contributed by atoms with E-state index in [2.05, 4.69) is 29.4 Å². The zero-order chi connectivity index (χ0) is 10.7. The molecular weight excluding hydrogens is 184 g/mol. The highest BCUT2D eigenvalue weighted by Crippen LogP contribution is 2.21. The van der Waals surface area contributed by atoms with Crippen molar-refractivity contribution in [2.75, 3.05) is 6.54 Å². The van der Waals surface area contributed by atoms with Gasteiger partial charge in [0.1, 0.15) is 0 Å². The zero-order valence-electron chi connectivity index (χ0n) is 9.66. The van der Waals surface area contributed by atoms with Gasteiger partial charge in [-0.15, -0.1) is 0 Å². The Morgan fingerprint density at radius 2 is 2.27 bits per heavy atom.